The molecule has 0 spiro atoms. The van der Waals surface area contributed by atoms with Crippen molar-refractivity contribution in [2.24, 2.45) is 0 Å². The molecule has 1 aliphatic rings. The number of nitriles is 1. The maximum absolute atomic E-state index is 9.01. The highest BCUT2D eigenvalue weighted by molar-refractivity contribution is 5.85. The molecule has 5 nitrogen and oxygen atoms in total. The fourth-order valence-electron chi connectivity index (χ4n) is 3.28. The van der Waals surface area contributed by atoms with Gasteiger partial charge in [-0.25, -0.2) is 4.68 Å². The molecule has 134 valence electrons. The molecule has 1 heterocycles. The summed E-state index contributed by atoms with van der Waals surface area (Å²) in [6, 6.07) is 12.2. The Balaban J connectivity index is 0.00000225. The number of aromatic nitrogens is 2. The van der Waals surface area contributed by atoms with Gasteiger partial charge >= 0.3 is 0 Å². The third-order valence-corrected chi connectivity index (χ3v) is 4.47. The van der Waals surface area contributed by atoms with Crippen LogP contribution in [0.5, 0.6) is 5.88 Å². The third-order valence-electron chi connectivity index (χ3n) is 4.47. The van der Waals surface area contributed by atoms with E-state index in [2.05, 4.69) is 16.1 Å². The van der Waals surface area contributed by atoms with Crippen LogP contribution in [-0.2, 0) is 13.2 Å². The smallest absolute Gasteiger partial charge is 0.212 e. The molecular weight excluding hydrogens is 336 g/mol. The van der Waals surface area contributed by atoms with Crippen molar-refractivity contribution >= 4 is 12.4 Å². The van der Waals surface area contributed by atoms with Crippen molar-refractivity contribution in [3.8, 4) is 11.9 Å². The van der Waals surface area contributed by atoms with Crippen LogP contribution in [0.1, 0.15) is 55.0 Å². The number of hydrogen-bond donors (Lipinski definition) is 1. The molecule has 6 heteroatoms. The standard InChI is InChI=1S/C19H24N4O.ClH/c1-21-13-17-11-19(23(22-17)18-8-3-2-4-9-18)24-14-16-7-5-6-15(10-16)12-20;/h5-7,10-11,18,21H,2-4,8-9,13-14H2,1H3;1H. The fraction of sp³-hybridized carbons (Fsp3) is 0.474. The van der Waals surface area contributed by atoms with Crippen LogP contribution >= 0.6 is 12.4 Å². The first-order valence-electron chi connectivity index (χ1n) is 8.65. The minimum Gasteiger partial charge on any atom is -0.473 e. The topological polar surface area (TPSA) is 62.9 Å². The van der Waals surface area contributed by atoms with Crippen LogP contribution in [0.25, 0.3) is 0 Å². The van der Waals surface area contributed by atoms with Crippen LogP contribution in [0.15, 0.2) is 30.3 Å². The summed E-state index contributed by atoms with van der Waals surface area (Å²) in [5.74, 6) is 0.828. The number of benzene rings is 1. The van der Waals surface area contributed by atoms with Gasteiger partial charge in [0.2, 0.25) is 5.88 Å². The molecule has 1 fully saturated rings. The second kappa shape index (κ2) is 9.45. The van der Waals surface area contributed by atoms with E-state index < -0.39 is 0 Å². The van der Waals surface area contributed by atoms with E-state index in [0.717, 1.165) is 23.7 Å². The van der Waals surface area contributed by atoms with Gasteiger partial charge in [0.25, 0.3) is 0 Å². The largest absolute Gasteiger partial charge is 0.473 e. The van der Waals surface area contributed by atoms with Crippen molar-refractivity contribution in [3.05, 3.63) is 47.2 Å². The van der Waals surface area contributed by atoms with Gasteiger partial charge in [-0.3, -0.25) is 0 Å². The van der Waals surface area contributed by atoms with Gasteiger partial charge in [0.15, 0.2) is 0 Å². The molecule has 0 bridgehead atoms. The Labute approximate surface area is 155 Å². The SMILES string of the molecule is CNCc1cc(OCc2cccc(C#N)c2)n(C2CCCCC2)n1.Cl. The Bertz CT molecular complexity index is 716. The molecular formula is C19H25ClN4O. The lowest BCUT2D eigenvalue weighted by Gasteiger charge is -2.23. The summed E-state index contributed by atoms with van der Waals surface area (Å²) >= 11 is 0. The van der Waals surface area contributed by atoms with Crippen molar-refractivity contribution < 1.29 is 4.74 Å². The van der Waals surface area contributed by atoms with E-state index in [1.165, 1.54) is 32.1 Å². The summed E-state index contributed by atoms with van der Waals surface area (Å²) < 4.78 is 8.14. The molecule has 0 atom stereocenters. The maximum atomic E-state index is 9.01. The van der Waals surface area contributed by atoms with Crippen molar-refractivity contribution in [1.29, 1.82) is 5.26 Å². The second-order valence-corrected chi connectivity index (χ2v) is 6.34. The summed E-state index contributed by atoms with van der Waals surface area (Å²) in [6.45, 7) is 1.19. The fourth-order valence-corrected chi connectivity index (χ4v) is 3.28. The van der Waals surface area contributed by atoms with Gasteiger partial charge in [-0.05, 0) is 37.6 Å². The van der Waals surface area contributed by atoms with Gasteiger partial charge in [-0.1, -0.05) is 31.4 Å². The van der Waals surface area contributed by atoms with Gasteiger partial charge in [0, 0.05) is 12.6 Å². The van der Waals surface area contributed by atoms with Crippen LogP contribution in [0, 0.1) is 11.3 Å². The summed E-state index contributed by atoms with van der Waals surface area (Å²) in [6.07, 6.45) is 6.17. The lowest BCUT2D eigenvalue weighted by atomic mass is 9.96. The van der Waals surface area contributed by atoms with Crippen molar-refractivity contribution in [3.63, 3.8) is 0 Å². The number of nitrogens with zero attached hydrogens (tertiary/aromatic N) is 3. The Kier molecular flexibility index (Phi) is 7.30. The van der Waals surface area contributed by atoms with Gasteiger partial charge in [-0.15, -0.1) is 12.4 Å². The van der Waals surface area contributed by atoms with E-state index >= 15 is 0 Å². The van der Waals surface area contributed by atoms with Crippen LogP contribution < -0.4 is 10.1 Å². The molecule has 25 heavy (non-hydrogen) atoms. The van der Waals surface area contributed by atoms with Gasteiger partial charge in [0.1, 0.15) is 6.61 Å². The van der Waals surface area contributed by atoms with Gasteiger partial charge < -0.3 is 10.1 Å². The number of ether oxygens (including phenoxy) is 1. The lowest BCUT2D eigenvalue weighted by molar-refractivity contribution is 0.237. The minimum absolute atomic E-state index is 0. The van der Waals surface area contributed by atoms with E-state index in [1.807, 2.05) is 31.3 Å². The highest BCUT2D eigenvalue weighted by Crippen LogP contribution is 2.31. The normalized spacial score (nSPS) is 14.6. The zero-order chi connectivity index (χ0) is 16.8. The zero-order valence-electron chi connectivity index (χ0n) is 14.6. The summed E-state index contributed by atoms with van der Waals surface area (Å²) in [5.41, 5.74) is 2.66. The molecule has 0 amide bonds. The predicted octanol–water partition coefficient (Wildman–Crippen LogP) is 3.98. The first-order chi connectivity index (χ1) is 11.8. The molecule has 2 aromatic rings. The maximum Gasteiger partial charge on any atom is 0.212 e. The average molecular weight is 361 g/mol. The molecule has 3 rings (SSSR count). The monoisotopic (exact) mass is 360 g/mol. The molecule has 1 aromatic heterocycles. The Morgan fingerprint density at radius 3 is 2.80 bits per heavy atom. The zero-order valence-corrected chi connectivity index (χ0v) is 15.4. The Hall–Kier alpha value is -2.03. The number of hydrogen-bond acceptors (Lipinski definition) is 4. The molecule has 1 aromatic carbocycles. The van der Waals surface area contributed by atoms with Crippen molar-refractivity contribution in [2.45, 2.75) is 51.3 Å². The number of halogens is 1. The van der Waals surface area contributed by atoms with Crippen LogP contribution in [0.3, 0.4) is 0 Å². The summed E-state index contributed by atoms with van der Waals surface area (Å²) in [5, 5.41) is 16.9. The lowest BCUT2D eigenvalue weighted by Crippen LogP contribution is -2.16. The Morgan fingerprint density at radius 1 is 1.28 bits per heavy atom. The molecule has 1 N–H and O–H groups in total. The van der Waals surface area contributed by atoms with E-state index in [-0.39, 0.29) is 12.4 Å². The molecule has 1 saturated carbocycles. The van der Waals surface area contributed by atoms with Crippen molar-refractivity contribution in [1.82, 2.24) is 15.1 Å². The second-order valence-electron chi connectivity index (χ2n) is 6.34. The minimum atomic E-state index is 0. The number of rotatable bonds is 6. The van der Waals surface area contributed by atoms with E-state index in [4.69, 9.17) is 15.1 Å². The first kappa shape index (κ1) is 19.3. The van der Waals surface area contributed by atoms with E-state index in [1.54, 1.807) is 6.07 Å². The third kappa shape index (κ3) is 4.97. The van der Waals surface area contributed by atoms with Gasteiger partial charge in [-0.2, -0.15) is 10.4 Å². The number of nitrogens with one attached hydrogen (secondary N) is 1. The quantitative estimate of drug-likeness (QED) is 0.846. The van der Waals surface area contributed by atoms with Crippen molar-refractivity contribution in [2.75, 3.05) is 7.05 Å². The van der Waals surface area contributed by atoms with E-state index in [9.17, 15) is 0 Å². The van der Waals surface area contributed by atoms with Crippen LogP contribution in [0.4, 0.5) is 0 Å². The van der Waals surface area contributed by atoms with Crippen LogP contribution in [0.2, 0.25) is 0 Å². The Morgan fingerprint density at radius 2 is 2.08 bits per heavy atom. The average Bonchev–Trinajstić information content (AvgIpc) is 3.04. The molecule has 1 aliphatic carbocycles. The predicted molar refractivity (Wildman–Crippen MR) is 99.8 cm³/mol. The highest BCUT2D eigenvalue weighted by Gasteiger charge is 2.20. The van der Waals surface area contributed by atoms with Gasteiger partial charge in [0.05, 0.1) is 23.4 Å². The molecule has 0 radical (unpaired) electrons. The molecule has 0 unspecified atom stereocenters. The van der Waals surface area contributed by atoms with Crippen LogP contribution in [-0.4, -0.2) is 16.8 Å². The summed E-state index contributed by atoms with van der Waals surface area (Å²) in [7, 11) is 1.92. The highest BCUT2D eigenvalue weighted by atomic mass is 35.5. The molecule has 0 saturated heterocycles. The summed E-state index contributed by atoms with van der Waals surface area (Å²) in [4.78, 5) is 0. The first-order valence-corrected chi connectivity index (χ1v) is 8.65. The molecule has 0 aliphatic heterocycles. The van der Waals surface area contributed by atoms with E-state index in [0.29, 0.717) is 18.2 Å².